The van der Waals surface area contributed by atoms with Crippen molar-refractivity contribution < 1.29 is 4.79 Å². The molecule has 2 rings (SSSR count). The third-order valence-electron chi connectivity index (χ3n) is 3.06. The molecule has 0 radical (unpaired) electrons. The van der Waals surface area contributed by atoms with E-state index in [9.17, 15) is 4.79 Å². The van der Waals surface area contributed by atoms with Gasteiger partial charge in [0.1, 0.15) is 5.82 Å². The van der Waals surface area contributed by atoms with Gasteiger partial charge in [-0.15, -0.1) is 0 Å². The fourth-order valence-electron chi connectivity index (χ4n) is 1.90. The summed E-state index contributed by atoms with van der Waals surface area (Å²) in [6.45, 7) is 1.64. The monoisotopic (exact) mass is 272 g/mol. The Bertz CT molecular complexity index is 536. The quantitative estimate of drug-likeness (QED) is 0.735. The zero-order valence-corrected chi connectivity index (χ0v) is 11.7. The second kappa shape index (κ2) is 7.45. The van der Waals surface area contributed by atoms with E-state index in [-0.39, 0.29) is 5.91 Å². The van der Waals surface area contributed by atoms with E-state index < -0.39 is 0 Å². The SMILES string of the molecule is Cn1ccnc1CCNCC(=O)NCc1ccccc1. The molecule has 1 aromatic heterocycles. The van der Waals surface area contributed by atoms with Gasteiger partial charge in [0.05, 0.1) is 6.54 Å². The first-order valence-electron chi connectivity index (χ1n) is 6.73. The van der Waals surface area contributed by atoms with E-state index >= 15 is 0 Å². The number of rotatable bonds is 7. The maximum absolute atomic E-state index is 11.7. The van der Waals surface area contributed by atoms with Crippen LogP contribution >= 0.6 is 0 Å². The first kappa shape index (κ1) is 14.3. The van der Waals surface area contributed by atoms with Gasteiger partial charge in [0.25, 0.3) is 0 Å². The second-order valence-corrected chi connectivity index (χ2v) is 4.64. The van der Waals surface area contributed by atoms with Crippen LogP contribution < -0.4 is 10.6 Å². The van der Waals surface area contributed by atoms with Crippen LogP contribution in [0.4, 0.5) is 0 Å². The third-order valence-corrected chi connectivity index (χ3v) is 3.06. The highest BCUT2D eigenvalue weighted by Crippen LogP contribution is 1.97. The molecule has 0 aliphatic carbocycles. The van der Waals surface area contributed by atoms with E-state index in [4.69, 9.17) is 0 Å². The number of hydrogen-bond acceptors (Lipinski definition) is 3. The molecule has 0 fully saturated rings. The Hall–Kier alpha value is -2.14. The number of imidazole rings is 1. The van der Waals surface area contributed by atoms with Gasteiger partial charge >= 0.3 is 0 Å². The standard InChI is InChI=1S/C15H20N4O/c1-19-10-9-17-14(19)7-8-16-12-15(20)18-11-13-5-3-2-4-6-13/h2-6,9-10,16H,7-8,11-12H2,1H3,(H,18,20). The van der Waals surface area contributed by atoms with Crippen molar-refractivity contribution in [2.24, 2.45) is 7.05 Å². The zero-order valence-electron chi connectivity index (χ0n) is 11.7. The molecule has 1 heterocycles. The number of benzene rings is 1. The summed E-state index contributed by atoms with van der Waals surface area (Å²) >= 11 is 0. The number of carbonyl (C=O) groups is 1. The minimum Gasteiger partial charge on any atom is -0.351 e. The van der Waals surface area contributed by atoms with E-state index in [0.717, 1.165) is 24.4 Å². The topological polar surface area (TPSA) is 59.0 Å². The normalized spacial score (nSPS) is 10.4. The lowest BCUT2D eigenvalue weighted by Gasteiger charge is -2.07. The first-order chi connectivity index (χ1) is 9.75. The molecule has 0 aliphatic heterocycles. The summed E-state index contributed by atoms with van der Waals surface area (Å²) in [7, 11) is 1.97. The van der Waals surface area contributed by atoms with Crippen LogP contribution in [-0.4, -0.2) is 28.5 Å². The molecule has 106 valence electrons. The van der Waals surface area contributed by atoms with Gasteiger partial charge in [0.15, 0.2) is 0 Å². The molecule has 2 aromatic rings. The van der Waals surface area contributed by atoms with Gasteiger partial charge in [-0.1, -0.05) is 30.3 Å². The number of nitrogens with one attached hydrogen (secondary N) is 2. The summed E-state index contributed by atoms with van der Waals surface area (Å²) in [5.41, 5.74) is 1.11. The highest BCUT2D eigenvalue weighted by molar-refractivity contribution is 5.77. The minimum absolute atomic E-state index is 0.00805. The van der Waals surface area contributed by atoms with Crippen molar-refractivity contribution in [3.05, 3.63) is 54.1 Å². The number of aromatic nitrogens is 2. The van der Waals surface area contributed by atoms with Gasteiger partial charge in [0, 0.05) is 39.0 Å². The van der Waals surface area contributed by atoms with Crippen LogP contribution in [0.15, 0.2) is 42.7 Å². The molecular weight excluding hydrogens is 252 g/mol. The summed E-state index contributed by atoms with van der Waals surface area (Å²) in [5.74, 6) is 1.02. The Kier molecular flexibility index (Phi) is 5.32. The Morgan fingerprint density at radius 2 is 2.10 bits per heavy atom. The molecule has 0 saturated heterocycles. The molecule has 0 aliphatic rings. The molecule has 1 amide bonds. The molecule has 1 aromatic carbocycles. The summed E-state index contributed by atoms with van der Waals surface area (Å²) in [6.07, 6.45) is 4.51. The number of nitrogens with zero attached hydrogens (tertiary/aromatic N) is 2. The second-order valence-electron chi connectivity index (χ2n) is 4.64. The Morgan fingerprint density at radius 3 is 2.80 bits per heavy atom. The smallest absolute Gasteiger partial charge is 0.234 e. The lowest BCUT2D eigenvalue weighted by molar-refractivity contribution is -0.120. The molecule has 0 unspecified atom stereocenters. The molecule has 5 nitrogen and oxygen atoms in total. The van der Waals surface area contributed by atoms with E-state index in [0.29, 0.717) is 13.1 Å². The van der Waals surface area contributed by atoms with Crippen LogP contribution in [0.3, 0.4) is 0 Å². The van der Waals surface area contributed by atoms with E-state index in [1.54, 1.807) is 6.20 Å². The van der Waals surface area contributed by atoms with Crippen molar-refractivity contribution in [2.45, 2.75) is 13.0 Å². The fourth-order valence-corrected chi connectivity index (χ4v) is 1.90. The lowest BCUT2D eigenvalue weighted by atomic mass is 10.2. The molecule has 20 heavy (non-hydrogen) atoms. The number of amides is 1. The number of carbonyl (C=O) groups excluding carboxylic acids is 1. The largest absolute Gasteiger partial charge is 0.351 e. The van der Waals surface area contributed by atoms with Crippen LogP contribution in [-0.2, 0) is 24.8 Å². The van der Waals surface area contributed by atoms with Crippen LogP contribution in [0, 0.1) is 0 Å². The average Bonchev–Trinajstić information content (AvgIpc) is 2.88. The molecule has 0 saturated carbocycles. The maximum atomic E-state index is 11.7. The van der Waals surface area contributed by atoms with Crippen LogP contribution in [0.25, 0.3) is 0 Å². The third kappa shape index (κ3) is 4.51. The zero-order chi connectivity index (χ0) is 14.2. The summed E-state index contributed by atoms with van der Waals surface area (Å²) < 4.78 is 1.98. The van der Waals surface area contributed by atoms with Crippen molar-refractivity contribution >= 4 is 5.91 Å². The molecule has 0 spiro atoms. The highest BCUT2D eigenvalue weighted by Gasteiger charge is 2.02. The Labute approximate surface area is 119 Å². The molecule has 0 atom stereocenters. The molecule has 0 bridgehead atoms. The van der Waals surface area contributed by atoms with Gasteiger partial charge in [0.2, 0.25) is 5.91 Å². The number of aryl methyl sites for hydroxylation is 1. The Balaban J connectivity index is 1.60. The van der Waals surface area contributed by atoms with Gasteiger partial charge in [-0.25, -0.2) is 4.98 Å². The van der Waals surface area contributed by atoms with Crippen LogP contribution in [0.1, 0.15) is 11.4 Å². The van der Waals surface area contributed by atoms with Crippen molar-refractivity contribution in [3.63, 3.8) is 0 Å². The van der Waals surface area contributed by atoms with Gasteiger partial charge in [-0.3, -0.25) is 4.79 Å². The predicted molar refractivity (Wildman–Crippen MR) is 78.1 cm³/mol. The fraction of sp³-hybridized carbons (Fsp3) is 0.333. The minimum atomic E-state index is 0.00805. The lowest BCUT2D eigenvalue weighted by Crippen LogP contribution is -2.34. The van der Waals surface area contributed by atoms with Crippen molar-refractivity contribution in [1.82, 2.24) is 20.2 Å². The summed E-state index contributed by atoms with van der Waals surface area (Å²) in [4.78, 5) is 15.9. The summed E-state index contributed by atoms with van der Waals surface area (Å²) in [6, 6.07) is 9.88. The first-order valence-corrected chi connectivity index (χ1v) is 6.73. The van der Waals surface area contributed by atoms with E-state index in [1.165, 1.54) is 0 Å². The maximum Gasteiger partial charge on any atom is 0.234 e. The van der Waals surface area contributed by atoms with Gasteiger partial charge in [-0.2, -0.15) is 0 Å². The molecule has 5 heteroatoms. The van der Waals surface area contributed by atoms with Crippen molar-refractivity contribution in [3.8, 4) is 0 Å². The highest BCUT2D eigenvalue weighted by atomic mass is 16.1. The Morgan fingerprint density at radius 1 is 1.30 bits per heavy atom. The molecule has 2 N–H and O–H groups in total. The predicted octanol–water partition coefficient (Wildman–Crippen LogP) is 0.869. The number of hydrogen-bond donors (Lipinski definition) is 2. The van der Waals surface area contributed by atoms with Crippen molar-refractivity contribution in [2.75, 3.05) is 13.1 Å². The average molecular weight is 272 g/mol. The molecular formula is C15H20N4O. The van der Waals surface area contributed by atoms with Crippen LogP contribution in [0.5, 0.6) is 0 Å². The van der Waals surface area contributed by atoms with Gasteiger partial charge < -0.3 is 15.2 Å². The van der Waals surface area contributed by atoms with Gasteiger partial charge in [-0.05, 0) is 5.56 Å². The van der Waals surface area contributed by atoms with E-state index in [1.807, 2.05) is 48.1 Å². The van der Waals surface area contributed by atoms with E-state index in [2.05, 4.69) is 15.6 Å². The summed E-state index contributed by atoms with van der Waals surface area (Å²) in [5, 5.41) is 6.00. The van der Waals surface area contributed by atoms with Crippen LogP contribution in [0.2, 0.25) is 0 Å². The van der Waals surface area contributed by atoms with Crippen molar-refractivity contribution in [1.29, 1.82) is 0 Å².